The van der Waals surface area contributed by atoms with Gasteiger partial charge in [0.25, 0.3) is 0 Å². The minimum Gasteiger partial charge on any atom is -0.326 e. The van der Waals surface area contributed by atoms with E-state index >= 15 is 0 Å². The summed E-state index contributed by atoms with van der Waals surface area (Å²) >= 11 is 0. The van der Waals surface area contributed by atoms with Gasteiger partial charge in [-0.1, -0.05) is 0 Å². The summed E-state index contributed by atoms with van der Waals surface area (Å²) in [6.07, 6.45) is 2.30. The van der Waals surface area contributed by atoms with E-state index in [2.05, 4.69) is 16.8 Å². The molecule has 2 unspecified atom stereocenters. The van der Waals surface area contributed by atoms with Gasteiger partial charge in [-0.2, -0.15) is 0 Å². The Kier molecular flexibility index (Phi) is 2.98. The average molecular weight is 209 g/mol. The van der Waals surface area contributed by atoms with E-state index in [0.29, 0.717) is 0 Å². The molecule has 1 aromatic heterocycles. The minimum atomic E-state index is -0.288. The lowest BCUT2D eigenvalue weighted by atomic mass is 10.2. The molecule has 0 aromatic carbocycles. The summed E-state index contributed by atoms with van der Waals surface area (Å²) in [6.45, 7) is 3.99. The monoisotopic (exact) mass is 209 g/mol. The third-order valence-electron chi connectivity index (χ3n) is 2.98. The van der Waals surface area contributed by atoms with Crippen molar-refractivity contribution in [3.05, 3.63) is 29.8 Å². The number of hydrogen-bond donors (Lipinski definition) is 1. The number of nitrogens with two attached hydrogens (primary N) is 1. The quantitative estimate of drug-likeness (QED) is 0.798. The molecule has 2 N–H and O–H groups in total. The third-order valence-corrected chi connectivity index (χ3v) is 2.98. The predicted octanol–water partition coefficient (Wildman–Crippen LogP) is 1.31. The number of pyridine rings is 1. The predicted molar refractivity (Wildman–Crippen MR) is 56.8 cm³/mol. The zero-order chi connectivity index (χ0) is 10.8. The molecule has 3 nitrogen and oxygen atoms in total. The van der Waals surface area contributed by atoms with Crippen molar-refractivity contribution in [2.45, 2.75) is 25.4 Å². The molecule has 1 fully saturated rings. The molecule has 0 aliphatic carbocycles. The highest BCUT2D eigenvalue weighted by Gasteiger charge is 2.24. The second-order valence-electron chi connectivity index (χ2n) is 4.12. The smallest absolute Gasteiger partial charge is 0.141 e. The lowest BCUT2D eigenvalue weighted by Crippen LogP contribution is -2.29. The summed E-state index contributed by atoms with van der Waals surface area (Å²) < 4.78 is 12.7. The third kappa shape index (κ3) is 2.33. The topological polar surface area (TPSA) is 42.2 Å². The summed E-state index contributed by atoms with van der Waals surface area (Å²) in [5.74, 6) is -0.288. The Balaban J connectivity index is 2.07. The highest BCUT2D eigenvalue weighted by Crippen LogP contribution is 2.22. The van der Waals surface area contributed by atoms with Gasteiger partial charge in [-0.05, 0) is 25.5 Å². The van der Waals surface area contributed by atoms with Gasteiger partial charge in [0.1, 0.15) is 5.82 Å². The van der Waals surface area contributed by atoms with Crippen molar-refractivity contribution in [2.75, 3.05) is 13.1 Å². The van der Waals surface area contributed by atoms with Crippen LogP contribution in [0.4, 0.5) is 4.39 Å². The maximum atomic E-state index is 12.7. The van der Waals surface area contributed by atoms with Crippen LogP contribution in [-0.4, -0.2) is 29.0 Å². The summed E-state index contributed by atoms with van der Waals surface area (Å²) in [7, 11) is 0. The van der Waals surface area contributed by atoms with Crippen molar-refractivity contribution in [3.8, 4) is 0 Å². The molecule has 0 bridgehead atoms. The molecule has 4 heteroatoms. The van der Waals surface area contributed by atoms with E-state index in [1.165, 1.54) is 12.3 Å². The Hall–Kier alpha value is -1.00. The molecular formula is C11H16FN3. The molecule has 2 rings (SSSR count). The second-order valence-corrected chi connectivity index (χ2v) is 4.12. The van der Waals surface area contributed by atoms with Crippen LogP contribution in [0.15, 0.2) is 18.3 Å². The Labute approximate surface area is 89.1 Å². The molecule has 82 valence electrons. The number of nitrogens with zero attached hydrogens (tertiary/aromatic N) is 2. The maximum Gasteiger partial charge on any atom is 0.141 e. The van der Waals surface area contributed by atoms with Crippen LogP contribution in [0.2, 0.25) is 0 Å². The van der Waals surface area contributed by atoms with Gasteiger partial charge in [-0.3, -0.25) is 9.88 Å². The van der Waals surface area contributed by atoms with Gasteiger partial charge in [0.15, 0.2) is 0 Å². The van der Waals surface area contributed by atoms with Gasteiger partial charge in [0, 0.05) is 25.2 Å². The average Bonchev–Trinajstić information content (AvgIpc) is 2.65. The van der Waals surface area contributed by atoms with Crippen molar-refractivity contribution in [2.24, 2.45) is 5.73 Å². The Bertz CT molecular complexity index is 325. The number of likely N-dealkylation sites (tertiary alicyclic amines) is 1. The molecule has 1 aromatic rings. The molecule has 2 atom stereocenters. The molecule has 2 heterocycles. The second kappa shape index (κ2) is 4.24. The van der Waals surface area contributed by atoms with E-state index in [4.69, 9.17) is 5.73 Å². The first-order valence-corrected chi connectivity index (χ1v) is 5.28. The first kappa shape index (κ1) is 10.5. The van der Waals surface area contributed by atoms with Crippen LogP contribution in [0.5, 0.6) is 0 Å². The Morgan fingerprint density at radius 2 is 2.40 bits per heavy atom. The van der Waals surface area contributed by atoms with Crippen LogP contribution >= 0.6 is 0 Å². The molecule has 1 aliphatic rings. The summed E-state index contributed by atoms with van der Waals surface area (Å²) in [5, 5.41) is 0. The summed E-state index contributed by atoms with van der Waals surface area (Å²) in [4.78, 5) is 6.37. The number of halogens is 1. The summed E-state index contributed by atoms with van der Waals surface area (Å²) in [5.41, 5.74) is 6.75. The van der Waals surface area contributed by atoms with Crippen molar-refractivity contribution in [1.82, 2.24) is 9.88 Å². The van der Waals surface area contributed by atoms with E-state index in [1.807, 2.05) is 0 Å². The van der Waals surface area contributed by atoms with E-state index in [9.17, 15) is 4.39 Å². The lowest BCUT2D eigenvalue weighted by molar-refractivity contribution is 0.255. The van der Waals surface area contributed by atoms with Gasteiger partial charge in [0.05, 0.1) is 11.9 Å². The van der Waals surface area contributed by atoms with Gasteiger partial charge < -0.3 is 5.73 Å². The molecule has 15 heavy (non-hydrogen) atoms. The van der Waals surface area contributed by atoms with Crippen LogP contribution in [0.3, 0.4) is 0 Å². The largest absolute Gasteiger partial charge is 0.326 e. The van der Waals surface area contributed by atoms with Crippen molar-refractivity contribution in [1.29, 1.82) is 0 Å². The van der Waals surface area contributed by atoms with E-state index < -0.39 is 0 Å². The van der Waals surface area contributed by atoms with E-state index in [1.54, 1.807) is 6.07 Å². The standard InChI is InChI=1S/C11H16FN3/c1-8(15-5-4-10(13)7-15)11-3-2-9(12)6-14-11/h2-3,6,8,10H,4-5,7,13H2,1H3. The van der Waals surface area contributed by atoms with Crippen molar-refractivity contribution < 1.29 is 4.39 Å². The van der Waals surface area contributed by atoms with Crippen LogP contribution in [0.1, 0.15) is 25.1 Å². The molecule has 1 aliphatic heterocycles. The fraction of sp³-hybridized carbons (Fsp3) is 0.545. The van der Waals surface area contributed by atoms with Crippen molar-refractivity contribution in [3.63, 3.8) is 0 Å². The molecular weight excluding hydrogens is 193 g/mol. The zero-order valence-corrected chi connectivity index (χ0v) is 8.86. The molecule has 0 radical (unpaired) electrons. The molecule has 1 saturated heterocycles. The van der Waals surface area contributed by atoms with Crippen LogP contribution in [-0.2, 0) is 0 Å². The highest BCUT2D eigenvalue weighted by atomic mass is 19.1. The molecule has 0 spiro atoms. The number of hydrogen-bond acceptors (Lipinski definition) is 3. The maximum absolute atomic E-state index is 12.7. The highest BCUT2D eigenvalue weighted by molar-refractivity contribution is 5.09. The van der Waals surface area contributed by atoms with Crippen LogP contribution in [0.25, 0.3) is 0 Å². The molecule has 0 saturated carbocycles. The van der Waals surface area contributed by atoms with Gasteiger partial charge >= 0.3 is 0 Å². The van der Waals surface area contributed by atoms with E-state index in [-0.39, 0.29) is 17.9 Å². The van der Waals surface area contributed by atoms with E-state index in [0.717, 1.165) is 25.2 Å². The lowest BCUT2D eigenvalue weighted by Gasteiger charge is -2.23. The normalized spacial score (nSPS) is 24.3. The number of rotatable bonds is 2. The SMILES string of the molecule is CC(c1ccc(F)cn1)N1CCC(N)C1. The van der Waals surface area contributed by atoms with Crippen LogP contribution in [0, 0.1) is 5.82 Å². The Morgan fingerprint density at radius 3 is 2.93 bits per heavy atom. The Morgan fingerprint density at radius 1 is 1.60 bits per heavy atom. The fourth-order valence-corrected chi connectivity index (χ4v) is 1.99. The van der Waals surface area contributed by atoms with Gasteiger partial charge in [0.2, 0.25) is 0 Å². The van der Waals surface area contributed by atoms with Gasteiger partial charge in [-0.15, -0.1) is 0 Å². The van der Waals surface area contributed by atoms with Gasteiger partial charge in [-0.25, -0.2) is 4.39 Å². The minimum absolute atomic E-state index is 0.221. The first-order chi connectivity index (χ1) is 7.16. The summed E-state index contributed by atoms with van der Waals surface area (Å²) in [6, 6.07) is 3.69. The van der Waals surface area contributed by atoms with Crippen molar-refractivity contribution >= 4 is 0 Å². The zero-order valence-electron chi connectivity index (χ0n) is 8.86. The molecule has 0 amide bonds. The first-order valence-electron chi connectivity index (χ1n) is 5.28. The van der Waals surface area contributed by atoms with Crippen LogP contribution < -0.4 is 5.73 Å². The number of aromatic nitrogens is 1. The fourth-order valence-electron chi connectivity index (χ4n) is 1.99.